The zero-order chi connectivity index (χ0) is 10.2. The summed E-state index contributed by atoms with van der Waals surface area (Å²) in [5, 5.41) is 1.65. The molecule has 0 spiro atoms. The highest BCUT2D eigenvalue weighted by molar-refractivity contribution is 8.13. The number of rotatable bonds is 2. The molecule has 0 atom stereocenters. The summed E-state index contributed by atoms with van der Waals surface area (Å²) in [6.45, 7) is 0.953. The maximum Gasteiger partial charge on any atom is 0.262 e. The van der Waals surface area contributed by atoms with Gasteiger partial charge in [0.25, 0.3) is 9.05 Å². The minimum Gasteiger partial charge on any atom is -0.345 e. The molecule has 14 heavy (non-hydrogen) atoms. The van der Waals surface area contributed by atoms with Gasteiger partial charge in [0.1, 0.15) is 4.90 Å². The van der Waals surface area contributed by atoms with E-state index in [1.165, 1.54) is 17.4 Å². The maximum absolute atomic E-state index is 11.1. The van der Waals surface area contributed by atoms with Crippen LogP contribution in [0.3, 0.4) is 0 Å². The molecule has 0 N–H and O–H groups in total. The third kappa shape index (κ3) is 1.94. The molecule has 1 saturated heterocycles. The van der Waals surface area contributed by atoms with Gasteiger partial charge < -0.3 is 9.47 Å². The fourth-order valence-corrected chi connectivity index (χ4v) is 3.64. The van der Waals surface area contributed by atoms with Crippen molar-refractivity contribution < 1.29 is 17.9 Å². The molecule has 0 aliphatic carbocycles. The molecule has 7 heteroatoms. The topological polar surface area (TPSA) is 52.6 Å². The summed E-state index contributed by atoms with van der Waals surface area (Å²) in [5.41, 5.74) is 0. The van der Waals surface area contributed by atoms with Gasteiger partial charge in [-0.2, -0.15) is 0 Å². The second-order valence-corrected chi connectivity index (χ2v) is 6.14. The molecular formula is C7H7ClO4S2. The van der Waals surface area contributed by atoms with Crippen LogP contribution >= 0.6 is 22.0 Å². The molecule has 1 aliphatic heterocycles. The Hall–Kier alpha value is -0.140. The second-order valence-electron chi connectivity index (χ2n) is 2.66. The second kappa shape index (κ2) is 3.79. The molecule has 0 unspecified atom stereocenters. The molecule has 1 aliphatic rings. The molecule has 2 heterocycles. The van der Waals surface area contributed by atoms with Crippen LogP contribution in [0.1, 0.15) is 11.2 Å². The quantitative estimate of drug-likeness (QED) is 0.754. The van der Waals surface area contributed by atoms with Gasteiger partial charge in [0.15, 0.2) is 6.29 Å². The van der Waals surface area contributed by atoms with Gasteiger partial charge in [-0.15, -0.1) is 11.3 Å². The smallest absolute Gasteiger partial charge is 0.262 e. The number of ether oxygens (including phenoxy) is 2. The van der Waals surface area contributed by atoms with Crippen molar-refractivity contribution in [3.8, 4) is 0 Å². The first-order valence-electron chi connectivity index (χ1n) is 3.84. The van der Waals surface area contributed by atoms with Crippen LogP contribution in [0.15, 0.2) is 16.3 Å². The van der Waals surface area contributed by atoms with Gasteiger partial charge in [0, 0.05) is 10.7 Å². The Labute approximate surface area is 89.8 Å². The first-order valence-corrected chi connectivity index (χ1v) is 7.03. The first-order chi connectivity index (χ1) is 6.59. The lowest BCUT2D eigenvalue weighted by atomic mass is 10.4. The standard InChI is InChI=1S/C7H7ClO4S2/c8-14(9,10)5-1-4-13-6(5)7-11-2-3-12-7/h1,4,7H,2-3H2. The van der Waals surface area contributed by atoms with Gasteiger partial charge in [-0.05, 0) is 11.4 Å². The Bertz CT molecular complexity index is 419. The van der Waals surface area contributed by atoms with Gasteiger partial charge in [0.2, 0.25) is 0 Å². The third-order valence-electron chi connectivity index (χ3n) is 1.76. The molecule has 2 rings (SSSR count). The Balaban J connectivity index is 2.39. The Kier molecular flexibility index (Phi) is 2.81. The third-order valence-corrected chi connectivity index (χ3v) is 4.20. The first kappa shape index (κ1) is 10.4. The maximum atomic E-state index is 11.1. The molecule has 1 fully saturated rings. The number of hydrogen-bond donors (Lipinski definition) is 0. The largest absolute Gasteiger partial charge is 0.345 e. The molecule has 1 aromatic rings. The van der Waals surface area contributed by atoms with Crippen LogP contribution in [0, 0.1) is 0 Å². The van der Waals surface area contributed by atoms with Crippen LogP contribution in [0.2, 0.25) is 0 Å². The predicted molar refractivity (Wildman–Crippen MR) is 52.0 cm³/mol. The van der Waals surface area contributed by atoms with Gasteiger partial charge in [-0.1, -0.05) is 0 Å². The lowest BCUT2D eigenvalue weighted by Crippen LogP contribution is -2.00. The van der Waals surface area contributed by atoms with E-state index in [0.29, 0.717) is 18.1 Å². The average Bonchev–Trinajstić information content (AvgIpc) is 2.73. The van der Waals surface area contributed by atoms with Gasteiger partial charge in [-0.3, -0.25) is 0 Å². The molecule has 1 aromatic heterocycles. The monoisotopic (exact) mass is 254 g/mol. The number of thiophene rings is 1. The lowest BCUT2D eigenvalue weighted by Gasteiger charge is -2.07. The van der Waals surface area contributed by atoms with E-state index in [2.05, 4.69) is 0 Å². The van der Waals surface area contributed by atoms with Crippen molar-refractivity contribution in [2.45, 2.75) is 11.2 Å². The van der Waals surface area contributed by atoms with E-state index in [1.54, 1.807) is 5.38 Å². The van der Waals surface area contributed by atoms with Crippen LogP contribution in [0.5, 0.6) is 0 Å². The predicted octanol–water partition coefficient (Wildman–Crippen LogP) is 1.72. The van der Waals surface area contributed by atoms with Crippen molar-refractivity contribution in [1.82, 2.24) is 0 Å². The van der Waals surface area contributed by atoms with Crippen molar-refractivity contribution in [1.29, 1.82) is 0 Å². The van der Waals surface area contributed by atoms with Crippen molar-refractivity contribution in [3.63, 3.8) is 0 Å². The van der Waals surface area contributed by atoms with Gasteiger partial charge in [0.05, 0.1) is 18.1 Å². The summed E-state index contributed by atoms with van der Waals surface area (Å²) < 4.78 is 32.7. The molecule has 78 valence electrons. The molecule has 0 bridgehead atoms. The zero-order valence-electron chi connectivity index (χ0n) is 6.97. The minimum atomic E-state index is -3.70. The fourth-order valence-electron chi connectivity index (χ4n) is 1.19. The number of hydrogen-bond acceptors (Lipinski definition) is 5. The van der Waals surface area contributed by atoms with E-state index in [9.17, 15) is 8.42 Å². The van der Waals surface area contributed by atoms with Crippen LogP contribution in [0.25, 0.3) is 0 Å². The summed E-state index contributed by atoms with van der Waals surface area (Å²) in [7, 11) is 1.55. The highest BCUT2D eigenvalue weighted by Crippen LogP contribution is 2.34. The molecule has 0 saturated carbocycles. The molecule has 0 aromatic carbocycles. The van der Waals surface area contributed by atoms with E-state index >= 15 is 0 Å². The van der Waals surface area contributed by atoms with Crippen LogP contribution in [-0.4, -0.2) is 21.6 Å². The van der Waals surface area contributed by atoms with E-state index in [0.717, 1.165) is 0 Å². The van der Waals surface area contributed by atoms with Crippen LogP contribution < -0.4 is 0 Å². The summed E-state index contributed by atoms with van der Waals surface area (Å²) in [6, 6.07) is 1.45. The van der Waals surface area contributed by atoms with Gasteiger partial charge in [-0.25, -0.2) is 8.42 Å². The molecule has 4 nitrogen and oxygen atoms in total. The Morgan fingerprint density at radius 1 is 1.43 bits per heavy atom. The molecule has 0 amide bonds. The van der Waals surface area contributed by atoms with Crippen molar-refractivity contribution in [3.05, 3.63) is 16.3 Å². The van der Waals surface area contributed by atoms with E-state index < -0.39 is 15.3 Å². The summed E-state index contributed by atoms with van der Waals surface area (Å²) in [6.07, 6.45) is -0.585. The highest BCUT2D eigenvalue weighted by Gasteiger charge is 2.27. The average molecular weight is 255 g/mol. The summed E-state index contributed by atoms with van der Waals surface area (Å²) in [5.74, 6) is 0. The Morgan fingerprint density at radius 3 is 2.64 bits per heavy atom. The highest BCUT2D eigenvalue weighted by atomic mass is 35.7. The van der Waals surface area contributed by atoms with E-state index in [1.807, 2.05) is 0 Å². The van der Waals surface area contributed by atoms with Crippen molar-refractivity contribution in [2.24, 2.45) is 0 Å². The fraction of sp³-hybridized carbons (Fsp3) is 0.429. The number of halogens is 1. The zero-order valence-corrected chi connectivity index (χ0v) is 9.36. The summed E-state index contributed by atoms with van der Waals surface area (Å²) >= 11 is 1.26. The Morgan fingerprint density at radius 2 is 2.07 bits per heavy atom. The van der Waals surface area contributed by atoms with Gasteiger partial charge >= 0.3 is 0 Å². The van der Waals surface area contributed by atoms with E-state index in [-0.39, 0.29) is 4.90 Å². The van der Waals surface area contributed by atoms with Crippen molar-refractivity contribution >= 4 is 31.1 Å². The molecular weight excluding hydrogens is 248 g/mol. The molecule has 0 radical (unpaired) electrons. The van der Waals surface area contributed by atoms with E-state index in [4.69, 9.17) is 20.2 Å². The van der Waals surface area contributed by atoms with Crippen molar-refractivity contribution in [2.75, 3.05) is 13.2 Å². The lowest BCUT2D eigenvalue weighted by molar-refractivity contribution is -0.0431. The minimum absolute atomic E-state index is 0.0797. The summed E-state index contributed by atoms with van der Waals surface area (Å²) in [4.78, 5) is 0.591. The SMILES string of the molecule is O=S(=O)(Cl)c1ccsc1C1OCCO1. The van der Waals surface area contributed by atoms with Crippen LogP contribution in [-0.2, 0) is 18.5 Å². The normalized spacial score (nSPS) is 18.9. The van der Waals surface area contributed by atoms with Crippen LogP contribution in [0.4, 0.5) is 0 Å².